The van der Waals surface area contributed by atoms with Gasteiger partial charge in [-0.2, -0.15) is 5.10 Å². The van der Waals surface area contributed by atoms with E-state index in [-0.39, 0.29) is 10.2 Å². The molecule has 19 heavy (non-hydrogen) atoms. The Labute approximate surface area is 122 Å². The summed E-state index contributed by atoms with van der Waals surface area (Å²) in [6, 6.07) is 0.292. The molecule has 2 unspecified atom stereocenters. The van der Waals surface area contributed by atoms with Gasteiger partial charge in [0, 0.05) is 6.04 Å². The van der Waals surface area contributed by atoms with Gasteiger partial charge in [-0.1, -0.05) is 15.9 Å². The lowest BCUT2D eigenvalue weighted by molar-refractivity contribution is 0.0651. The smallest absolute Gasteiger partial charge is 0.109 e. The minimum Gasteiger partial charge on any atom is -0.386 e. The number of aliphatic hydroxyl groups is 1. The van der Waals surface area contributed by atoms with Crippen LogP contribution >= 0.6 is 15.9 Å². The lowest BCUT2D eigenvalue weighted by Gasteiger charge is -2.46. The molecule has 2 aliphatic rings. The van der Waals surface area contributed by atoms with Crippen LogP contribution in [0.4, 0.5) is 0 Å². The van der Waals surface area contributed by atoms with Gasteiger partial charge in [0.25, 0.3) is 0 Å². The molecule has 2 atom stereocenters. The van der Waals surface area contributed by atoms with Crippen LogP contribution in [-0.4, -0.2) is 32.8 Å². The van der Waals surface area contributed by atoms with Gasteiger partial charge >= 0.3 is 0 Å². The van der Waals surface area contributed by atoms with Crippen molar-refractivity contribution in [3.63, 3.8) is 0 Å². The molecule has 0 aromatic carbocycles. The molecular weight excluding hydrogens is 306 g/mol. The van der Waals surface area contributed by atoms with E-state index in [9.17, 15) is 5.11 Å². The first kappa shape index (κ1) is 13.6. The monoisotopic (exact) mass is 327 g/mol. The molecular formula is C14H22BrN3O. The quantitative estimate of drug-likeness (QED) is 0.777. The molecule has 0 amide bonds. The summed E-state index contributed by atoms with van der Waals surface area (Å²) in [6.45, 7) is 6.31. The second kappa shape index (κ2) is 4.86. The summed E-state index contributed by atoms with van der Waals surface area (Å²) in [5.74, 6) is 0. The number of nitrogens with zero attached hydrogens (tertiary/aromatic N) is 2. The fourth-order valence-corrected chi connectivity index (χ4v) is 4.48. The minimum absolute atomic E-state index is 0.129. The lowest BCUT2D eigenvalue weighted by atomic mass is 9.67. The maximum atomic E-state index is 10.7. The zero-order valence-electron chi connectivity index (χ0n) is 11.6. The van der Waals surface area contributed by atoms with Crippen LogP contribution in [0.1, 0.15) is 50.1 Å². The molecule has 1 aromatic rings. The van der Waals surface area contributed by atoms with E-state index in [1.165, 1.54) is 5.56 Å². The number of alkyl halides is 1. The van der Waals surface area contributed by atoms with Crippen LogP contribution in [-0.2, 0) is 6.42 Å². The van der Waals surface area contributed by atoms with Gasteiger partial charge in [-0.3, -0.25) is 4.68 Å². The van der Waals surface area contributed by atoms with Gasteiger partial charge in [0.2, 0.25) is 0 Å². The highest BCUT2D eigenvalue weighted by atomic mass is 79.9. The Morgan fingerprint density at radius 2 is 2.16 bits per heavy atom. The standard InChI is InChI=1S/C14H22BrN3O/c1-9(2)18-11-10(8-17-18)7-14(13(15)12(11)19)3-5-16-6-4-14/h8-9,12-13,16,19H,3-7H2,1-2H3. The average Bonchev–Trinajstić information content (AvgIpc) is 2.81. The Hall–Kier alpha value is -0.390. The lowest BCUT2D eigenvalue weighted by Crippen LogP contribution is -2.48. The van der Waals surface area contributed by atoms with Crippen LogP contribution in [0.25, 0.3) is 0 Å². The van der Waals surface area contributed by atoms with Crippen molar-refractivity contribution in [2.24, 2.45) is 5.41 Å². The molecule has 2 N–H and O–H groups in total. The van der Waals surface area contributed by atoms with Crippen LogP contribution in [0.15, 0.2) is 6.20 Å². The number of piperidine rings is 1. The average molecular weight is 328 g/mol. The van der Waals surface area contributed by atoms with E-state index in [2.05, 4.69) is 40.2 Å². The van der Waals surface area contributed by atoms with E-state index in [1.54, 1.807) is 0 Å². The number of aromatic nitrogens is 2. The molecule has 1 saturated heterocycles. The number of fused-ring (bicyclic) bond motifs is 1. The molecule has 1 fully saturated rings. The van der Waals surface area contributed by atoms with Crippen molar-refractivity contribution in [2.75, 3.05) is 13.1 Å². The highest BCUT2D eigenvalue weighted by Gasteiger charge is 2.48. The van der Waals surface area contributed by atoms with Crippen LogP contribution in [0, 0.1) is 5.41 Å². The second-order valence-electron chi connectivity index (χ2n) is 6.23. The van der Waals surface area contributed by atoms with Gasteiger partial charge in [-0.15, -0.1) is 0 Å². The van der Waals surface area contributed by atoms with Gasteiger partial charge in [0.05, 0.1) is 16.7 Å². The van der Waals surface area contributed by atoms with Crippen molar-refractivity contribution in [3.05, 3.63) is 17.5 Å². The maximum absolute atomic E-state index is 10.7. The SMILES string of the molecule is CC(C)n1ncc2c1C(O)C(Br)C1(CCNCC1)C2. The van der Waals surface area contributed by atoms with Crippen molar-refractivity contribution in [1.82, 2.24) is 15.1 Å². The zero-order chi connectivity index (χ0) is 13.6. The number of hydrogen-bond acceptors (Lipinski definition) is 3. The predicted octanol–water partition coefficient (Wildman–Crippen LogP) is 2.19. The number of aliphatic hydroxyl groups excluding tert-OH is 1. The van der Waals surface area contributed by atoms with Gasteiger partial charge in [0.1, 0.15) is 6.10 Å². The summed E-state index contributed by atoms with van der Waals surface area (Å²) < 4.78 is 1.97. The Morgan fingerprint density at radius 1 is 1.47 bits per heavy atom. The van der Waals surface area contributed by atoms with Crippen LogP contribution in [0.5, 0.6) is 0 Å². The third-order valence-corrected chi connectivity index (χ3v) is 6.16. The Morgan fingerprint density at radius 3 is 2.79 bits per heavy atom. The molecule has 106 valence electrons. The zero-order valence-corrected chi connectivity index (χ0v) is 13.2. The molecule has 2 heterocycles. The normalized spacial score (nSPS) is 29.7. The van der Waals surface area contributed by atoms with Gasteiger partial charge in [-0.05, 0) is 57.2 Å². The van der Waals surface area contributed by atoms with Crippen molar-refractivity contribution in [2.45, 2.75) is 50.1 Å². The summed E-state index contributed by atoms with van der Waals surface area (Å²) in [6.07, 6.45) is 4.77. The molecule has 4 nitrogen and oxygen atoms in total. The maximum Gasteiger partial charge on any atom is 0.109 e. The van der Waals surface area contributed by atoms with Crippen molar-refractivity contribution < 1.29 is 5.11 Å². The van der Waals surface area contributed by atoms with Crippen LogP contribution in [0.3, 0.4) is 0 Å². The van der Waals surface area contributed by atoms with E-state index >= 15 is 0 Å². The molecule has 1 aliphatic carbocycles. The highest BCUT2D eigenvalue weighted by Crippen LogP contribution is 2.50. The first-order valence-electron chi connectivity index (χ1n) is 7.14. The first-order valence-corrected chi connectivity index (χ1v) is 8.06. The molecule has 0 bridgehead atoms. The molecule has 0 radical (unpaired) electrons. The third kappa shape index (κ3) is 2.06. The number of halogens is 1. The third-order valence-electron chi connectivity index (χ3n) is 4.69. The number of nitrogens with one attached hydrogen (secondary N) is 1. The van der Waals surface area contributed by atoms with Crippen molar-refractivity contribution >= 4 is 15.9 Å². The Kier molecular flexibility index (Phi) is 3.48. The molecule has 1 aromatic heterocycles. The van der Waals surface area contributed by atoms with E-state index < -0.39 is 6.10 Å². The molecule has 1 aliphatic heterocycles. The summed E-state index contributed by atoms with van der Waals surface area (Å²) >= 11 is 3.79. The van der Waals surface area contributed by atoms with E-state index in [1.807, 2.05) is 10.9 Å². The minimum atomic E-state index is -0.452. The van der Waals surface area contributed by atoms with Crippen LogP contribution < -0.4 is 5.32 Å². The number of rotatable bonds is 1. The van der Waals surface area contributed by atoms with E-state index in [0.29, 0.717) is 6.04 Å². The van der Waals surface area contributed by atoms with Gasteiger partial charge < -0.3 is 10.4 Å². The first-order chi connectivity index (χ1) is 9.05. The molecule has 3 rings (SSSR count). The molecule has 0 saturated carbocycles. The van der Waals surface area contributed by atoms with Gasteiger partial charge in [0.15, 0.2) is 0 Å². The topological polar surface area (TPSA) is 50.1 Å². The summed E-state index contributed by atoms with van der Waals surface area (Å²) in [5, 5.41) is 18.6. The number of hydrogen-bond donors (Lipinski definition) is 2. The fourth-order valence-electron chi connectivity index (χ4n) is 3.61. The Bertz CT molecular complexity index is 465. The second-order valence-corrected chi connectivity index (χ2v) is 7.22. The van der Waals surface area contributed by atoms with Crippen molar-refractivity contribution in [1.29, 1.82) is 0 Å². The fraction of sp³-hybridized carbons (Fsp3) is 0.786. The van der Waals surface area contributed by atoms with Crippen molar-refractivity contribution in [3.8, 4) is 0 Å². The largest absolute Gasteiger partial charge is 0.386 e. The van der Waals surface area contributed by atoms with E-state index in [4.69, 9.17) is 0 Å². The predicted molar refractivity (Wildman–Crippen MR) is 78.5 cm³/mol. The summed E-state index contributed by atoms with van der Waals surface area (Å²) in [5.41, 5.74) is 2.43. The highest BCUT2D eigenvalue weighted by molar-refractivity contribution is 9.09. The summed E-state index contributed by atoms with van der Waals surface area (Å²) in [7, 11) is 0. The van der Waals surface area contributed by atoms with Gasteiger partial charge in [-0.25, -0.2) is 0 Å². The van der Waals surface area contributed by atoms with E-state index in [0.717, 1.165) is 38.0 Å². The molecule has 1 spiro atoms. The Balaban J connectivity index is 2.00. The summed E-state index contributed by atoms with van der Waals surface area (Å²) in [4.78, 5) is 0.129. The van der Waals surface area contributed by atoms with Crippen LogP contribution in [0.2, 0.25) is 0 Å². The molecule has 5 heteroatoms.